The van der Waals surface area contributed by atoms with Crippen molar-refractivity contribution in [2.24, 2.45) is 0 Å². The van der Waals surface area contributed by atoms with Gasteiger partial charge in [-0.25, -0.2) is 9.97 Å². The standard InChI is InChI=1S/C12H16BrN5/c1-4-18-6-8(5-15-18)12-16-10(7(2)3)9(13)11(14)17-12/h5-7H,4H2,1-3H3,(H2,14,16,17). The van der Waals surface area contributed by atoms with E-state index in [1.165, 1.54) is 0 Å². The van der Waals surface area contributed by atoms with Crippen molar-refractivity contribution in [2.75, 3.05) is 5.73 Å². The van der Waals surface area contributed by atoms with E-state index >= 15 is 0 Å². The molecule has 0 amide bonds. The van der Waals surface area contributed by atoms with Crippen LogP contribution in [-0.2, 0) is 6.54 Å². The van der Waals surface area contributed by atoms with Crippen molar-refractivity contribution >= 4 is 21.7 Å². The molecular formula is C12H16BrN5. The topological polar surface area (TPSA) is 69.6 Å². The van der Waals surface area contributed by atoms with E-state index in [4.69, 9.17) is 5.73 Å². The third-order valence-corrected chi connectivity index (χ3v) is 3.48. The summed E-state index contributed by atoms with van der Waals surface area (Å²) in [6.07, 6.45) is 3.68. The van der Waals surface area contributed by atoms with Gasteiger partial charge in [-0.3, -0.25) is 4.68 Å². The first kappa shape index (κ1) is 13.0. The Labute approximate surface area is 115 Å². The molecule has 0 aromatic carbocycles. The summed E-state index contributed by atoms with van der Waals surface area (Å²) in [5.74, 6) is 1.37. The molecule has 5 nitrogen and oxygen atoms in total. The Morgan fingerprint density at radius 1 is 1.39 bits per heavy atom. The zero-order valence-corrected chi connectivity index (χ0v) is 12.3. The fourth-order valence-corrected chi connectivity index (χ4v) is 2.28. The zero-order valence-electron chi connectivity index (χ0n) is 10.7. The first-order valence-electron chi connectivity index (χ1n) is 5.88. The number of halogens is 1. The lowest BCUT2D eigenvalue weighted by molar-refractivity contribution is 0.660. The fraction of sp³-hybridized carbons (Fsp3) is 0.417. The van der Waals surface area contributed by atoms with Crippen LogP contribution in [0.15, 0.2) is 16.9 Å². The normalized spacial score (nSPS) is 11.2. The molecule has 2 aromatic rings. The van der Waals surface area contributed by atoms with Gasteiger partial charge in [0, 0.05) is 12.7 Å². The molecule has 0 unspecified atom stereocenters. The maximum absolute atomic E-state index is 5.91. The van der Waals surface area contributed by atoms with Gasteiger partial charge in [0.15, 0.2) is 5.82 Å². The quantitative estimate of drug-likeness (QED) is 0.946. The van der Waals surface area contributed by atoms with E-state index in [9.17, 15) is 0 Å². The first-order chi connectivity index (χ1) is 8.52. The van der Waals surface area contributed by atoms with E-state index < -0.39 is 0 Å². The van der Waals surface area contributed by atoms with Crippen LogP contribution in [0.3, 0.4) is 0 Å². The Kier molecular flexibility index (Phi) is 3.65. The Morgan fingerprint density at radius 2 is 2.11 bits per heavy atom. The number of rotatable bonds is 3. The monoisotopic (exact) mass is 309 g/mol. The minimum atomic E-state index is 0.282. The first-order valence-corrected chi connectivity index (χ1v) is 6.68. The molecule has 0 saturated heterocycles. The lowest BCUT2D eigenvalue weighted by atomic mass is 10.1. The molecule has 0 aliphatic carbocycles. The maximum atomic E-state index is 5.91. The highest BCUT2D eigenvalue weighted by Gasteiger charge is 2.14. The van der Waals surface area contributed by atoms with Crippen LogP contribution in [0, 0.1) is 0 Å². The molecule has 0 aliphatic heterocycles. The molecule has 0 spiro atoms. The molecule has 0 radical (unpaired) electrons. The highest BCUT2D eigenvalue weighted by molar-refractivity contribution is 9.10. The van der Waals surface area contributed by atoms with E-state index in [1.54, 1.807) is 6.20 Å². The maximum Gasteiger partial charge on any atom is 0.165 e. The van der Waals surface area contributed by atoms with Crippen molar-refractivity contribution in [2.45, 2.75) is 33.2 Å². The lowest BCUT2D eigenvalue weighted by Gasteiger charge is -2.10. The van der Waals surface area contributed by atoms with Gasteiger partial charge in [0.05, 0.1) is 21.9 Å². The molecule has 0 aliphatic rings. The minimum Gasteiger partial charge on any atom is -0.383 e. The molecule has 0 fully saturated rings. The van der Waals surface area contributed by atoms with Gasteiger partial charge in [-0.2, -0.15) is 5.10 Å². The molecule has 2 heterocycles. The van der Waals surface area contributed by atoms with Crippen molar-refractivity contribution in [3.8, 4) is 11.4 Å². The SMILES string of the molecule is CCn1cc(-c2nc(N)c(Br)c(C(C)C)n2)cn1. The van der Waals surface area contributed by atoms with Crippen LogP contribution < -0.4 is 5.73 Å². The van der Waals surface area contributed by atoms with Gasteiger partial charge in [0.1, 0.15) is 5.82 Å². The zero-order chi connectivity index (χ0) is 13.3. The summed E-state index contributed by atoms with van der Waals surface area (Å²) in [4.78, 5) is 8.86. The van der Waals surface area contributed by atoms with Crippen molar-refractivity contribution in [3.63, 3.8) is 0 Å². The van der Waals surface area contributed by atoms with Gasteiger partial charge >= 0.3 is 0 Å². The fourth-order valence-electron chi connectivity index (χ4n) is 1.65. The molecule has 2 rings (SSSR count). The van der Waals surface area contributed by atoms with Crippen LogP contribution >= 0.6 is 15.9 Å². The second-order valence-corrected chi connectivity index (χ2v) is 5.16. The van der Waals surface area contributed by atoms with Crippen LogP contribution in [-0.4, -0.2) is 19.7 Å². The van der Waals surface area contributed by atoms with E-state index in [1.807, 2.05) is 17.8 Å². The van der Waals surface area contributed by atoms with E-state index in [0.29, 0.717) is 11.6 Å². The van der Waals surface area contributed by atoms with Gasteiger partial charge in [-0.1, -0.05) is 13.8 Å². The third kappa shape index (κ3) is 2.38. The minimum absolute atomic E-state index is 0.282. The summed E-state index contributed by atoms with van der Waals surface area (Å²) in [5, 5.41) is 4.22. The summed E-state index contributed by atoms with van der Waals surface area (Å²) in [5.41, 5.74) is 7.72. The summed E-state index contributed by atoms with van der Waals surface area (Å²) < 4.78 is 2.62. The Bertz CT molecular complexity index is 562. The average Bonchev–Trinajstić information content (AvgIpc) is 2.80. The van der Waals surface area contributed by atoms with Crippen molar-refractivity contribution in [1.82, 2.24) is 19.7 Å². The predicted octanol–water partition coefficient (Wildman–Crippen LogP) is 2.83. The largest absolute Gasteiger partial charge is 0.383 e. The van der Waals surface area contributed by atoms with Gasteiger partial charge in [0.25, 0.3) is 0 Å². The van der Waals surface area contributed by atoms with Crippen LogP contribution in [0.25, 0.3) is 11.4 Å². The Morgan fingerprint density at radius 3 is 2.67 bits per heavy atom. The second kappa shape index (κ2) is 5.06. The molecule has 0 atom stereocenters. The Balaban J connectivity index is 2.51. The molecule has 2 aromatic heterocycles. The number of aryl methyl sites for hydroxylation is 1. The Hall–Kier alpha value is -1.43. The number of nitrogen functional groups attached to an aromatic ring is 1. The molecule has 2 N–H and O–H groups in total. The molecule has 0 saturated carbocycles. The number of nitrogens with zero attached hydrogens (tertiary/aromatic N) is 4. The van der Waals surface area contributed by atoms with Crippen LogP contribution in [0.2, 0.25) is 0 Å². The molecule has 0 bridgehead atoms. The summed E-state index contributed by atoms with van der Waals surface area (Å²) >= 11 is 3.44. The number of hydrogen-bond acceptors (Lipinski definition) is 4. The summed E-state index contributed by atoms with van der Waals surface area (Å²) in [6.45, 7) is 7.01. The molecular weight excluding hydrogens is 294 g/mol. The predicted molar refractivity (Wildman–Crippen MR) is 75.1 cm³/mol. The smallest absolute Gasteiger partial charge is 0.165 e. The van der Waals surface area contributed by atoms with Crippen molar-refractivity contribution in [3.05, 3.63) is 22.6 Å². The van der Waals surface area contributed by atoms with Crippen molar-refractivity contribution in [1.29, 1.82) is 0 Å². The highest BCUT2D eigenvalue weighted by atomic mass is 79.9. The highest BCUT2D eigenvalue weighted by Crippen LogP contribution is 2.29. The lowest BCUT2D eigenvalue weighted by Crippen LogP contribution is -2.04. The number of anilines is 1. The molecule has 18 heavy (non-hydrogen) atoms. The summed E-state index contributed by atoms with van der Waals surface area (Å²) in [7, 11) is 0. The average molecular weight is 310 g/mol. The molecule has 6 heteroatoms. The summed E-state index contributed by atoms with van der Waals surface area (Å²) in [6, 6.07) is 0. The third-order valence-electron chi connectivity index (χ3n) is 2.66. The van der Waals surface area contributed by atoms with E-state index in [0.717, 1.165) is 22.3 Å². The number of hydrogen-bond donors (Lipinski definition) is 1. The van der Waals surface area contributed by atoms with Crippen molar-refractivity contribution < 1.29 is 0 Å². The van der Waals surface area contributed by atoms with Crippen LogP contribution in [0.5, 0.6) is 0 Å². The second-order valence-electron chi connectivity index (χ2n) is 4.37. The number of nitrogens with two attached hydrogens (primary N) is 1. The van der Waals surface area contributed by atoms with E-state index in [2.05, 4.69) is 44.8 Å². The van der Waals surface area contributed by atoms with E-state index in [-0.39, 0.29) is 5.92 Å². The number of aromatic nitrogens is 4. The molecule has 96 valence electrons. The van der Waals surface area contributed by atoms with Gasteiger partial charge in [-0.15, -0.1) is 0 Å². The van der Waals surface area contributed by atoms with Gasteiger partial charge in [-0.05, 0) is 28.8 Å². The van der Waals surface area contributed by atoms with Gasteiger partial charge < -0.3 is 5.73 Å². The van der Waals surface area contributed by atoms with Crippen LogP contribution in [0.1, 0.15) is 32.4 Å². The van der Waals surface area contributed by atoms with Crippen LogP contribution in [0.4, 0.5) is 5.82 Å². The van der Waals surface area contributed by atoms with Gasteiger partial charge in [0.2, 0.25) is 0 Å².